The van der Waals surface area contributed by atoms with E-state index in [9.17, 15) is 9.59 Å². The van der Waals surface area contributed by atoms with Crippen LogP contribution in [0.5, 0.6) is 0 Å². The Morgan fingerprint density at radius 1 is 1.14 bits per heavy atom. The van der Waals surface area contributed by atoms with Gasteiger partial charge in [0.1, 0.15) is 0 Å². The largest absolute Gasteiger partial charge is 0.379 e. The van der Waals surface area contributed by atoms with Crippen molar-refractivity contribution in [1.29, 1.82) is 0 Å². The summed E-state index contributed by atoms with van der Waals surface area (Å²) in [6, 6.07) is 6.69. The maximum Gasteiger partial charge on any atom is 0.253 e. The van der Waals surface area contributed by atoms with Gasteiger partial charge in [0.05, 0.1) is 13.2 Å². The van der Waals surface area contributed by atoms with Crippen LogP contribution in [0.25, 0.3) is 0 Å². The van der Waals surface area contributed by atoms with Crippen LogP contribution in [0.3, 0.4) is 0 Å². The minimum absolute atomic E-state index is 0.166. The van der Waals surface area contributed by atoms with Crippen molar-refractivity contribution in [2.45, 2.75) is 72.0 Å². The lowest BCUT2D eigenvalue weighted by atomic mass is 9.88. The monoisotopic (exact) mass is 514 g/mol. The first kappa shape index (κ1) is 26.7. The van der Waals surface area contributed by atoms with E-state index < -0.39 is 0 Å². The standard InChI is InChI=1S/C28H39ClN4O3/c1-5-33(23-8-6-22(7-9-23)32-10-12-36-13-11-32)26-16-21(29)15-24(20(26)4)27(34)30-17-25-18(2)14-19(3)31-28(25)35/h14-16,22-23H,5-13,17H2,1-4H3,(H,30,34)(H,31,35)/t22-,23+. The molecule has 2 heterocycles. The lowest BCUT2D eigenvalue weighted by Crippen LogP contribution is -2.48. The number of H-pyrrole nitrogens is 1. The lowest BCUT2D eigenvalue weighted by Gasteiger charge is -2.43. The summed E-state index contributed by atoms with van der Waals surface area (Å²) in [5, 5.41) is 3.49. The van der Waals surface area contributed by atoms with Gasteiger partial charge in [0, 0.05) is 65.8 Å². The van der Waals surface area contributed by atoms with Gasteiger partial charge in [-0.1, -0.05) is 11.6 Å². The first-order valence-corrected chi connectivity index (χ1v) is 13.5. The van der Waals surface area contributed by atoms with Crippen LogP contribution in [0, 0.1) is 20.8 Å². The van der Waals surface area contributed by atoms with Crippen LogP contribution in [0.2, 0.25) is 5.02 Å². The average Bonchev–Trinajstić information content (AvgIpc) is 2.86. The van der Waals surface area contributed by atoms with Gasteiger partial charge in [-0.3, -0.25) is 14.5 Å². The fourth-order valence-corrected chi connectivity index (χ4v) is 6.08. The highest BCUT2D eigenvalue weighted by molar-refractivity contribution is 6.31. The molecule has 196 valence electrons. The number of rotatable bonds is 7. The predicted octanol–water partition coefficient (Wildman–Crippen LogP) is 4.35. The number of anilines is 1. The van der Waals surface area contributed by atoms with E-state index in [2.05, 4.69) is 27.0 Å². The Labute approximate surface area is 219 Å². The van der Waals surface area contributed by atoms with Gasteiger partial charge in [0.25, 0.3) is 11.5 Å². The third-order valence-electron chi connectivity index (χ3n) is 7.83. The van der Waals surface area contributed by atoms with Gasteiger partial charge in [-0.2, -0.15) is 0 Å². The summed E-state index contributed by atoms with van der Waals surface area (Å²) in [7, 11) is 0. The lowest BCUT2D eigenvalue weighted by molar-refractivity contribution is 0.00730. The van der Waals surface area contributed by atoms with E-state index in [4.69, 9.17) is 16.3 Å². The number of halogens is 1. The van der Waals surface area contributed by atoms with E-state index in [0.717, 1.165) is 68.2 Å². The molecule has 1 aromatic heterocycles. The number of carbonyl (C=O) groups is 1. The Kier molecular flexibility index (Phi) is 8.75. The van der Waals surface area contributed by atoms with Crippen molar-refractivity contribution in [1.82, 2.24) is 15.2 Å². The summed E-state index contributed by atoms with van der Waals surface area (Å²) in [4.78, 5) is 33.4. The quantitative estimate of drug-likeness (QED) is 0.574. The molecule has 2 aliphatic rings. The maximum absolute atomic E-state index is 13.2. The van der Waals surface area contributed by atoms with Crippen LogP contribution in [0.1, 0.15) is 65.3 Å². The molecule has 1 amide bonds. The second kappa shape index (κ2) is 11.8. The molecular formula is C28H39ClN4O3. The zero-order chi connectivity index (χ0) is 25.8. The molecule has 36 heavy (non-hydrogen) atoms. The minimum Gasteiger partial charge on any atom is -0.379 e. The molecule has 1 saturated carbocycles. The Morgan fingerprint density at radius 3 is 2.47 bits per heavy atom. The van der Waals surface area contributed by atoms with Crippen LogP contribution in [-0.4, -0.2) is 60.7 Å². The Bertz CT molecular complexity index is 1130. The number of hydrogen-bond donors (Lipinski definition) is 2. The number of aromatic amines is 1. The van der Waals surface area contributed by atoms with Gasteiger partial charge in [-0.05, 0) is 82.7 Å². The highest BCUT2D eigenvalue weighted by Crippen LogP contribution is 2.34. The molecule has 1 aliphatic heterocycles. The van der Waals surface area contributed by atoms with E-state index in [1.54, 1.807) is 6.07 Å². The molecule has 4 rings (SSSR count). The van der Waals surface area contributed by atoms with Crippen molar-refractivity contribution >= 4 is 23.2 Å². The first-order chi connectivity index (χ1) is 17.3. The topological polar surface area (TPSA) is 77.7 Å². The molecule has 7 nitrogen and oxygen atoms in total. The Balaban J connectivity index is 1.48. The number of morpholine rings is 1. The van der Waals surface area contributed by atoms with Crippen LogP contribution < -0.4 is 15.8 Å². The highest BCUT2D eigenvalue weighted by Gasteiger charge is 2.30. The van der Waals surface area contributed by atoms with Crippen LogP contribution in [-0.2, 0) is 11.3 Å². The molecule has 1 aromatic carbocycles. The van der Waals surface area contributed by atoms with E-state index in [1.807, 2.05) is 32.9 Å². The van der Waals surface area contributed by atoms with E-state index in [0.29, 0.717) is 28.2 Å². The number of carbonyl (C=O) groups excluding carboxylic acids is 1. The summed E-state index contributed by atoms with van der Waals surface area (Å²) in [6.07, 6.45) is 4.61. The molecule has 1 aliphatic carbocycles. The number of benzene rings is 1. The molecule has 0 spiro atoms. The van der Waals surface area contributed by atoms with E-state index >= 15 is 0 Å². The van der Waals surface area contributed by atoms with E-state index in [-0.39, 0.29) is 18.0 Å². The summed E-state index contributed by atoms with van der Waals surface area (Å²) >= 11 is 6.54. The molecule has 2 N–H and O–H groups in total. The van der Waals surface area contributed by atoms with Crippen molar-refractivity contribution < 1.29 is 9.53 Å². The summed E-state index contributed by atoms with van der Waals surface area (Å²) in [5.74, 6) is -0.220. The number of amides is 1. The van der Waals surface area contributed by atoms with Gasteiger partial charge in [-0.25, -0.2) is 0 Å². The normalized spacial score (nSPS) is 20.8. The number of ether oxygens (including phenoxy) is 1. The molecule has 0 radical (unpaired) electrons. The van der Waals surface area contributed by atoms with Crippen molar-refractivity contribution in [3.8, 4) is 0 Å². The first-order valence-electron chi connectivity index (χ1n) is 13.1. The minimum atomic E-state index is -0.220. The molecule has 2 aromatic rings. The van der Waals surface area contributed by atoms with Gasteiger partial charge in [0.15, 0.2) is 0 Å². The van der Waals surface area contributed by atoms with Gasteiger partial charge >= 0.3 is 0 Å². The van der Waals surface area contributed by atoms with Crippen LogP contribution >= 0.6 is 11.6 Å². The zero-order valence-corrected chi connectivity index (χ0v) is 22.7. The maximum atomic E-state index is 13.2. The van der Waals surface area contributed by atoms with Crippen LogP contribution in [0.15, 0.2) is 23.0 Å². The number of hydrogen-bond acceptors (Lipinski definition) is 5. The number of nitrogens with one attached hydrogen (secondary N) is 2. The molecule has 0 bridgehead atoms. The van der Waals surface area contributed by atoms with Crippen LogP contribution in [0.4, 0.5) is 5.69 Å². The second-order valence-electron chi connectivity index (χ2n) is 10.1. The summed E-state index contributed by atoms with van der Waals surface area (Å²) < 4.78 is 5.53. The van der Waals surface area contributed by atoms with Crippen molar-refractivity contribution in [2.75, 3.05) is 37.7 Å². The van der Waals surface area contributed by atoms with Gasteiger partial charge in [0.2, 0.25) is 0 Å². The SMILES string of the molecule is CCN(c1cc(Cl)cc(C(=O)NCc2c(C)cc(C)[nH]c2=O)c1C)[C@H]1CC[C@@H](N2CCOCC2)CC1. The summed E-state index contributed by atoms with van der Waals surface area (Å²) in [5.41, 5.74) is 4.57. The molecular weight excluding hydrogens is 476 g/mol. The molecule has 1 saturated heterocycles. The number of aromatic nitrogens is 1. The predicted molar refractivity (Wildman–Crippen MR) is 145 cm³/mol. The molecule has 0 atom stereocenters. The fraction of sp³-hybridized carbons (Fsp3) is 0.571. The fourth-order valence-electron chi connectivity index (χ4n) is 5.87. The number of nitrogens with zero attached hydrogens (tertiary/aromatic N) is 2. The third-order valence-corrected chi connectivity index (χ3v) is 8.05. The highest BCUT2D eigenvalue weighted by atomic mass is 35.5. The van der Waals surface area contributed by atoms with Crippen molar-refractivity contribution in [3.05, 3.63) is 61.5 Å². The molecule has 8 heteroatoms. The van der Waals surface area contributed by atoms with Gasteiger partial charge in [-0.15, -0.1) is 0 Å². The smallest absolute Gasteiger partial charge is 0.253 e. The average molecular weight is 515 g/mol. The molecule has 0 unspecified atom stereocenters. The van der Waals surface area contributed by atoms with Crippen molar-refractivity contribution in [2.24, 2.45) is 0 Å². The Hall–Kier alpha value is -2.35. The van der Waals surface area contributed by atoms with Crippen molar-refractivity contribution in [3.63, 3.8) is 0 Å². The number of pyridine rings is 1. The second-order valence-corrected chi connectivity index (χ2v) is 10.6. The summed E-state index contributed by atoms with van der Waals surface area (Å²) in [6.45, 7) is 12.7. The van der Waals surface area contributed by atoms with E-state index in [1.165, 1.54) is 12.8 Å². The Morgan fingerprint density at radius 2 is 1.83 bits per heavy atom. The zero-order valence-electron chi connectivity index (χ0n) is 22.0. The third kappa shape index (κ3) is 5.96. The number of aryl methyl sites for hydroxylation is 2. The van der Waals surface area contributed by atoms with Gasteiger partial charge < -0.3 is 19.9 Å². The molecule has 2 fully saturated rings.